The second-order valence-corrected chi connectivity index (χ2v) is 9.40. The number of thiophene rings is 1. The van der Waals surface area contributed by atoms with Crippen LogP contribution in [0.3, 0.4) is 0 Å². The van der Waals surface area contributed by atoms with Crippen LogP contribution >= 0.6 is 11.3 Å². The van der Waals surface area contributed by atoms with E-state index in [0.717, 1.165) is 18.4 Å². The molecule has 0 radical (unpaired) electrons. The first-order valence-corrected chi connectivity index (χ1v) is 12.0. The molecule has 8 heteroatoms. The van der Waals surface area contributed by atoms with Gasteiger partial charge in [0.15, 0.2) is 11.6 Å². The second-order valence-electron chi connectivity index (χ2n) is 8.40. The number of ether oxygens (including phenoxy) is 1. The van der Waals surface area contributed by atoms with Gasteiger partial charge < -0.3 is 19.9 Å². The number of benzene rings is 1. The Hall–Kier alpha value is -2.61. The largest absolute Gasteiger partial charge is 0.488 e. The first-order valence-electron chi connectivity index (χ1n) is 11.2. The summed E-state index contributed by atoms with van der Waals surface area (Å²) >= 11 is 1.66. The Morgan fingerprint density at radius 3 is 2.81 bits per heavy atom. The lowest BCUT2D eigenvalue weighted by Crippen LogP contribution is -2.50. The number of hydrogen-bond donors (Lipinski definition) is 1. The Bertz CT molecular complexity index is 917. The molecule has 1 aliphatic heterocycles. The molecule has 0 unspecified atom stereocenters. The van der Waals surface area contributed by atoms with E-state index in [1.54, 1.807) is 39.3 Å². The van der Waals surface area contributed by atoms with E-state index in [2.05, 4.69) is 5.32 Å². The van der Waals surface area contributed by atoms with Crippen molar-refractivity contribution in [2.75, 3.05) is 32.8 Å². The summed E-state index contributed by atoms with van der Waals surface area (Å²) in [6.45, 7) is 7.81. The SMILES string of the molecule is CCCNC(=O)N(CC(=O)N1CCc2sccc2[C@@H]1COc1ccccc1F)CC(C)C. The van der Waals surface area contributed by atoms with E-state index in [0.29, 0.717) is 19.6 Å². The second kappa shape index (κ2) is 11.3. The van der Waals surface area contributed by atoms with E-state index < -0.39 is 5.82 Å². The van der Waals surface area contributed by atoms with Crippen LogP contribution in [0, 0.1) is 11.7 Å². The molecule has 1 N–H and O–H groups in total. The smallest absolute Gasteiger partial charge is 0.317 e. The lowest BCUT2D eigenvalue weighted by Gasteiger charge is -2.37. The van der Waals surface area contributed by atoms with Gasteiger partial charge in [-0.2, -0.15) is 0 Å². The molecule has 1 aromatic carbocycles. The number of amides is 3. The van der Waals surface area contributed by atoms with Gasteiger partial charge in [-0.1, -0.05) is 32.9 Å². The molecule has 3 amide bonds. The minimum atomic E-state index is -0.428. The first kappa shape index (κ1) is 24.0. The molecule has 0 spiro atoms. The number of nitrogens with one attached hydrogen (secondary N) is 1. The molecule has 0 bridgehead atoms. The van der Waals surface area contributed by atoms with Crippen molar-refractivity contribution >= 4 is 23.3 Å². The van der Waals surface area contributed by atoms with Crippen LogP contribution in [-0.4, -0.2) is 54.5 Å². The third kappa shape index (κ3) is 6.00. The molecule has 174 valence electrons. The highest BCUT2D eigenvalue weighted by Crippen LogP contribution is 2.34. The highest BCUT2D eigenvalue weighted by atomic mass is 32.1. The molecule has 0 aliphatic carbocycles. The number of hydrogen-bond acceptors (Lipinski definition) is 4. The van der Waals surface area contributed by atoms with Crippen LogP contribution in [0.25, 0.3) is 0 Å². The fourth-order valence-corrected chi connectivity index (χ4v) is 4.79. The summed E-state index contributed by atoms with van der Waals surface area (Å²) in [5.41, 5.74) is 1.04. The molecule has 2 aromatic rings. The number of urea groups is 1. The van der Waals surface area contributed by atoms with E-state index in [-0.39, 0.29) is 42.8 Å². The van der Waals surface area contributed by atoms with Gasteiger partial charge in [-0.05, 0) is 47.9 Å². The van der Waals surface area contributed by atoms with Crippen molar-refractivity contribution < 1.29 is 18.7 Å². The van der Waals surface area contributed by atoms with Gasteiger partial charge in [0.2, 0.25) is 5.91 Å². The summed E-state index contributed by atoms with van der Waals surface area (Å²) < 4.78 is 19.9. The highest BCUT2D eigenvalue weighted by molar-refractivity contribution is 7.10. The molecule has 2 heterocycles. The third-order valence-electron chi connectivity index (χ3n) is 5.37. The average molecular weight is 462 g/mol. The Morgan fingerprint density at radius 1 is 1.31 bits per heavy atom. The van der Waals surface area contributed by atoms with Crippen LogP contribution in [0.5, 0.6) is 5.75 Å². The van der Waals surface area contributed by atoms with Crippen LogP contribution in [0.4, 0.5) is 9.18 Å². The number of rotatable bonds is 9. The molecule has 0 fully saturated rings. The van der Waals surface area contributed by atoms with Crippen molar-refractivity contribution in [3.8, 4) is 5.75 Å². The molecule has 32 heavy (non-hydrogen) atoms. The van der Waals surface area contributed by atoms with Crippen molar-refractivity contribution in [1.82, 2.24) is 15.1 Å². The van der Waals surface area contributed by atoms with Crippen molar-refractivity contribution in [2.45, 2.75) is 39.7 Å². The highest BCUT2D eigenvalue weighted by Gasteiger charge is 2.33. The van der Waals surface area contributed by atoms with Gasteiger partial charge in [-0.3, -0.25) is 4.79 Å². The van der Waals surface area contributed by atoms with Crippen molar-refractivity contribution in [1.29, 1.82) is 0 Å². The topological polar surface area (TPSA) is 61.9 Å². The van der Waals surface area contributed by atoms with Gasteiger partial charge in [0.05, 0.1) is 6.04 Å². The normalized spacial score (nSPS) is 15.4. The summed E-state index contributed by atoms with van der Waals surface area (Å²) in [4.78, 5) is 30.6. The third-order valence-corrected chi connectivity index (χ3v) is 6.37. The van der Waals surface area contributed by atoms with Crippen molar-refractivity contribution in [3.05, 3.63) is 52.0 Å². The molecular formula is C24H32FN3O3S. The van der Waals surface area contributed by atoms with Crippen LogP contribution in [0.1, 0.15) is 43.7 Å². The first-order chi connectivity index (χ1) is 15.4. The Morgan fingerprint density at radius 2 is 2.09 bits per heavy atom. The van der Waals surface area contributed by atoms with Gasteiger partial charge in [-0.25, -0.2) is 9.18 Å². The van der Waals surface area contributed by atoms with Gasteiger partial charge >= 0.3 is 6.03 Å². The summed E-state index contributed by atoms with van der Waals surface area (Å²) in [5, 5.41) is 4.89. The standard InChI is InChI=1S/C24H32FN3O3S/c1-4-11-26-24(30)27(14-17(2)3)15-23(29)28-12-9-22-18(10-13-32-22)20(28)16-31-21-8-6-5-7-19(21)25/h5-8,10,13,17,20H,4,9,11-12,14-16H2,1-3H3,(H,26,30)/t20-/m0/s1. The van der Waals surface area contributed by atoms with Crippen LogP contribution in [0.2, 0.25) is 0 Å². The van der Waals surface area contributed by atoms with Gasteiger partial charge in [-0.15, -0.1) is 11.3 Å². The molecule has 0 saturated carbocycles. The molecular weight excluding hydrogens is 429 g/mol. The number of fused-ring (bicyclic) bond motifs is 1. The van der Waals surface area contributed by atoms with E-state index in [1.807, 2.05) is 32.2 Å². The van der Waals surface area contributed by atoms with Gasteiger partial charge in [0.25, 0.3) is 0 Å². The van der Waals surface area contributed by atoms with Crippen LogP contribution in [0.15, 0.2) is 35.7 Å². The predicted molar refractivity (Wildman–Crippen MR) is 124 cm³/mol. The Kier molecular flexibility index (Phi) is 8.50. The molecule has 1 aliphatic rings. The Labute approximate surface area is 193 Å². The van der Waals surface area contributed by atoms with Crippen molar-refractivity contribution in [3.63, 3.8) is 0 Å². The zero-order valence-corrected chi connectivity index (χ0v) is 19.8. The number of carbonyl (C=O) groups is 2. The predicted octanol–water partition coefficient (Wildman–Crippen LogP) is 4.47. The van der Waals surface area contributed by atoms with E-state index in [4.69, 9.17) is 4.74 Å². The molecule has 1 aromatic heterocycles. The fraction of sp³-hybridized carbons (Fsp3) is 0.500. The van der Waals surface area contributed by atoms with Crippen LogP contribution < -0.4 is 10.1 Å². The number of carbonyl (C=O) groups excluding carboxylic acids is 2. The maximum atomic E-state index is 14.1. The maximum absolute atomic E-state index is 14.1. The number of halogens is 1. The summed E-state index contributed by atoms with van der Waals surface area (Å²) in [6, 6.07) is 7.74. The van der Waals surface area contributed by atoms with Crippen LogP contribution in [-0.2, 0) is 11.2 Å². The van der Waals surface area contributed by atoms with Gasteiger partial charge in [0, 0.05) is 24.5 Å². The minimum absolute atomic E-state index is 0.00337. The van der Waals surface area contributed by atoms with E-state index in [1.165, 1.54) is 10.9 Å². The average Bonchev–Trinajstić information content (AvgIpc) is 3.25. The minimum Gasteiger partial charge on any atom is -0.488 e. The summed E-state index contributed by atoms with van der Waals surface area (Å²) in [7, 11) is 0. The summed E-state index contributed by atoms with van der Waals surface area (Å²) in [6.07, 6.45) is 1.60. The molecule has 0 saturated heterocycles. The Balaban J connectivity index is 1.76. The van der Waals surface area contributed by atoms with Gasteiger partial charge in [0.1, 0.15) is 13.2 Å². The fourth-order valence-electron chi connectivity index (χ4n) is 3.86. The zero-order chi connectivity index (χ0) is 23.1. The number of nitrogens with zero attached hydrogens (tertiary/aromatic N) is 2. The number of para-hydroxylation sites is 1. The van der Waals surface area contributed by atoms with E-state index in [9.17, 15) is 14.0 Å². The summed E-state index contributed by atoms with van der Waals surface area (Å²) in [5.74, 6) is -0.151. The zero-order valence-electron chi connectivity index (χ0n) is 19.0. The molecule has 1 atom stereocenters. The van der Waals surface area contributed by atoms with E-state index >= 15 is 0 Å². The van der Waals surface area contributed by atoms with Crippen molar-refractivity contribution in [2.24, 2.45) is 5.92 Å². The lowest BCUT2D eigenvalue weighted by molar-refractivity contribution is -0.135. The maximum Gasteiger partial charge on any atom is 0.317 e. The quantitative estimate of drug-likeness (QED) is 0.599. The molecule has 3 rings (SSSR count). The monoisotopic (exact) mass is 461 g/mol. The molecule has 6 nitrogen and oxygen atoms in total. The lowest BCUT2D eigenvalue weighted by atomic mass is 10.0.